The Morgan fingerprint density at radius 3 is 2.95 bits per heavy atom. The molecule has 1 aromatic rings. The zero-order valence-corrected chi connectivity index (χ0v) is 13.9. The molecule has 0 amide bonds. The first-order valence-corrected chi connectivity index (χ1v) is 8.90. The molecule has 0 radical (unpaired) electrons. The molecule has 1 aliphatic rings. The maximum Gasteiger partial charge on any atom is 0.269 e. The number of hydrogen-bond acceptors (Lipinski definition) is 4. The molecule has 0 saturated carbocycles. The SMILES string of the molecule is CSC[C@@H]1CCCN([C@@H](C)c2cc([N+](=O)[O-])ccc2C)C1. The number of likely N-dealkylation sites (tertiary alicyclic amines) is 1. The minimum Gasteiger partial charge on any atom is -0.296 e. The van der Waals surface area contributed by atoms with E-state index in [9.17, 15) is 10.1 Å². The fourth-order valence-electron chi connectivity index (χ4n) is 3.21. The van der Waals surface area contributed by atoms with Crippen LogP contribution in [0, 0.1) is 23.0 Å². The molecular formula is C16H24N2O2S. The van der Waals surface area contributed by atoms with Crippen LogP contribution in [-0.2, 0) is 0 Å². The number of hydrogen-bond donors (Lipinski definition) is 0. The molecule has 1 heterocycles. The van der Waals surface area contributed by atoms with E-state index in [1.54, 1.807) is 12.1 Å². The lowest BCUT2D eigenvalue weighted by molar-refractivity contribution is -0.385. The summed E-state index contributed by atoms with van der Waals surface area (Å²) in [6.45, 7) is 6.41. The first-order chi connectivity index (χ1) is 10.0. The Morgan fingerprint density at radius 2 is 2.29 bits per heavy atom. The molecule has 0 aromatic heterocycles. The second-order valence-electron chi connectivity index (χ2n) is 5.93. The summed E-state index contributed by atoms with van der Waals surface area (Å²) in [6, 6.07) is 5.46. The normalized spacial score (nSPS) is 21.2. The lowest BCUT2D eigenvalue weighted by atomic mass is 9.94. The third-order valence-electron chi connectivity index (χ3n) is 4.42. The van der Waals surface area contributed by atoms with Crippen LogP contribution >= 0.6 is 11.8 Å². The lowest BCUT2D eigenvalue weighted by Gasteiger charge is -2.37. The molecule has 0 spiro atoms. The van der Waals surface area contributed by atoms with Crippen molar-refractivity contribution in [3.05, 3.63) is 39.4 Å². The maximum absolute atomic E-state index is 11.0. The first-order valence-electron chi connectivity index (χ1n) is 7.51. The smallest absolute Gasteiger partial charge is 0.269 e. The Hall–Kier alpha value is -1.07. The van der Waals surface area contributed by atoms with E-state index >= 15 is 0 Å². The number of rotatable bonds is 5. The second-order valence-corrected chi connectivity index (χ2v) is 6.84. The number of piperidine rings is 1. The van der Waals surface area contributed by atoms with Crippen molar-refractivity contribution >= 4 is 17.4 Å². The van der Waals surface area contributed by atoms with Crippen molar-refractivity contribution in [3.63, 3.8) is 0 Å². The maximum atomic E-state index is 11.0. The van der Waals surface area contributed by atoms with Gasteiger partial charge in [-0.2, -0.15) is 11.8 Å². The van der Waals surface area contributed by atoms with Crippen molar-refractivity contribution in [3.8, 4) is 0 Å². The van der Waals surface area contributed by atoms with Crippen LogP contribution < -0.4 is 0 Å². The van der Waals surface area contributed by atoms with Crippen LogP contribution in [0.25, 0.3) is 0 Å². The van der Waals surface area contributed by atoms with Gasteiger partial charge in [0.25, 0.3) is 5.69 Å². The summed E-state index contributed by atoms with van der Waals surface area (Å²) in [4.78, 5) is 13.2. The van der Waals surface area contributed by atoms with Gasteiger partial charge in [0.15, 0.2) is 0 Å². The molecule has 1 saturated heterocycles. The van der Waals surface area contributed by atoms with Crippen LogP contribution in [0.15, 0.2) is 18.2 Å². The van der Waals surface area contributed by atoms with E-state index in [4.69, 9.17) is 0 Å². The number of non-ortho nitro benzene ring substituents is 1. The Kier molecular flexibility index (Phi) is 5.65. The highest BCUT2D eigenvalue weighted by atomic mass is 32.2. The minimum atomic E-state index is -0.303. The van der Waals surface area contributed by atoms with E-state index < -0.39 is 0 Å². The van der Waals surface area contributed by atoms with E-state index in [1.165, 1.54) is 18.6 Å². The molecule has 2 rings (SSSR count). The van der Waals surface area contributed by atoms with Crippen molar-refractivity contribution in [2.45, 2.75) is 32.7 Å². The molecule has 0 N–H and O–H groups in total. The van der Waals surface area contributed by atoms with Crippen molar-refractivity contribution in [2.24, 2.45) is 5.92 Å². The monoisotopic (exact) mass is 308 g/mol. The quantitative estimate of drug-likeness (QED) is 0.608. The van der Waals surface area contributed by atoms with Crippen LogP contribution in [-0.4, -0.2) is 34.9 Å². The summed E-state index contributed by atoms with van der Waals surface area (Å²) in [5.74, 6) is 1.95. The Balaban J connectivity index is 2.17. The van der Waals surface area contributed by atoms with Gasteiger partial charge in [-0.25, -0.2) is 0 Å². The zero-order chi connectivity index (χ0) is 15.4. The fraction of sp³-hybridized carbons (Fsp3) is 0.625. The molecule has 0 unspecified atom stereocenters. The van der Waals surface area contributed by atoms with E-state index in [0.717, 1.165) is 30.1 Å². The second kappa shape index (κ2) is 7.27. The number of benzene rings is 1. The van der Waals surface area contributed by atoms with Gasteiger partial charge >= 0.3 is 0 Å². The highest BCUT2D eigenvalue weighted by Gasteiger charge is 2.25. The summed E-state index contributed by atoms with van der Waals surface area (Å²) in [6.07, 6.45) is 4.69. The van der Waals surface area contributed by atoms with Crippen LogP contribution in [0.2, 0.25) is 0 Å². The van der Waals surface area contributed by atoms with Crippen molar-refractivity contribution in [1.29, 1.82) is 0 Å². The zero-order valence-electron chi connectivity index (χ0n) is 13.0. The predicted molar refractivity (Wildman–Crippen MR) is 88.9 cm³/mol. The highest BCUT2D eigenvalue weighted by Crippen LogP contribution is 2.31. The van der Waals surface area contributed by atoms with Gasteiger partial charge in [-0.05, 0) is 62.3 Å². The number of nitrogens with zero attached hydrogens (tertiary/aromatic N) is 2. The van der Waals surface area contributed by atoms with Gasteiger partial charge < -0.3 is 0 Å². The number of aryl methyl sites for hydroxylation is 1. The predicted octanol–water partition coefficient (Wildman–Crippen LogP) is 4.04. The summed E-state index contributed by atoms with van der Waals surface area (Å²) in [7, 11) is 0. The molecule has 0 bridgehead atoms. The minimum absolute atomic E-state index is 0.195. The molecular weight excluding hydrogens is 284 g/mol. The molecule has 116 valence electrons. The van der Waals surface area contributed by atoms with Gasteiger partial charge in [-0.1, -0.05) is 6.07 Å². The first kappa shape index (κ1) is 16.3. The topological polar surface area (TPSA) is 46.4 Å². The largest absolute Gasteiger partial charge is 0.296 e. The lowest BCUT2D eigenvalue weighted by Crippen LogP contribution is -2.38. The Bertz CT molecular complexity index is 505. The van der Waals surface area contributed by atoms with Crippen molar-refractivity contribution < 1.29 is 4.92 Å². The Morgan fingerprint density at radius 1 is 1.52 bits per heavy atom. The van der Waals surface area contributed by atoms with E-state index in [-0.39, 0.29) is 16.7 Å². The summed E-state index contributed by atoms with van der Waals surface area (Å²) in [5.41, 5.74) is 2.43. The molecule has 21 heavy (non-hydrogen) atoms. The Labute approximate surface area is 131 Å². The molecule has 1 fully saturated rings. The third-order valence-corrected chi connectivity index (χ3v) is 5.23. The van der Waals surface area contributed by atoms with Crippen LogP contribution in [0.5, 0.6) is 0 Å². The van der Waals surface area contributed by atoms with Gasteiger partial charge in [0, 0.05) is 24.7 Å². The summed E-state index contributed by atoms with van der Waals surface area (Å²) >= 11 is 1.91. The molecule has 2 atom stereocenters. The van der Waals surface area contributed by atoms with E-state index in [1.807, 2.05) is 24.8 Å². The summed E-state index contributed by atoms with van der Waals surface area (Å²) in [5, 5.41) is 11.0. The van der Waals surface area contributed by atoms with Crippen LogP contribution in [0.3, 0.4) is 0 Å². The third kappa shape index (κ3) is 3.98. The molecule has 1 aliphatic heterocycles. The van der Waals surface area contributed by atoms with Gasteiger partial charge in [-0.3, -0.25) is 15.0 Å². The van der Waals surface area contributed by atoms with E-state index in [2.05, 4.69) is 18.1 Å². The van der Waals surface area contributed by atoms with Crippen molar-refractivity contribution in [2.75, 3.05) is 25.1 Å². The van der Waals surface area contributed by atoms with Crippen LogP contribution in [0.4, 0.5) is 5.69 Å². The number of nitro groups is 1. The number of nitro benzene ring substituents is 1. The van der Waals surface area contributed by atoms with Gasteiger partial charge in [0.1, 0.15) is 0 Å². The van der Waals surface area contributed by atoms with Gasteiger partial charge in [0.2, 0.25) is 0 Å². The van der Waals surface area contributed by atoms with Gasteiger partial charge in [-0.15, -0.1) is 0 Å². The van der Waals surface area contributed by atoms with Crippen molar-refractivity contribution in [1.82, 2.24) is 4.90 Å². The number of thioether (sulfide) groups is 1. The standard InChI is InChI=1S/C16H24N2O2S/c1-12-6-7-15(18(19)20)9-16(12)13(2)17-8-4-5-14(10-17)11-21-3/h6-7,9,13-14H,4-5,8,10-11H2,1-3H3/t13-,14+/m0/s1. The van der Waals surface area contributed by atoms with E-state index in [0.29, 0.717) is 0 Å². The molecule has 1 aromatic carbocycles. The van der Waals surface area contributed by atoms with Crippen LogP contribution in [0.1, 0.15) is 36.9 Å². The molecule has 5 heteroatoms. The van der Waals surface area contributed by atoms with Gasteiger partial charge in [0.05, 0.1) is 4.92 Å². The fourth-order valence-corrected chi connectivity index (χ4v) is 3.95. The summed E-state index contributed by atoms with van der Waals surface area (Å²) < 4.78 is 0. The molecule has 4 nitrogen and oxygen atoms in total. The highest BCUT2D eigenvalue weighted by molar-refractivity contribution is 7.98. The molecule has 0 aliphatic carbocycles. The average Bonchev–Trinajstić information content (AvgIpc) is 2.47. The average molecular weight is 308 g/mol.